The van der Waals surface area contributed by atoms with Gasteiger partial charge in [0.25, 0.3) is 0 Å². The molecule has 1 aliphatic carbocycles. The van der Waals surface area contributed by atoms with Crippen LogP contribution in [0.15, 0.2) is 11.6 Å². The first-order valence-corrected chi connectivity index (χ1v) is 7.57. The molecule has 2 heteroatoms. The van der Waals surface area contributed by atoms with E-state index in [0.717, 1.165) is 6.54 Å². The van der Waals surface area contributed by atoms with Crippen molar-refractivity contribution in [1.29, 1.82) is 0 Å². The number of allylic oxidation sites excluding steroid dienone is 1. The highest BCUT2D eigenvalue weighted by atomic mass is 15.3. The van der Waals surface area contributed by atoms with Gasteiger partial charge in [0.05, 0.1) is 0 Å². The molecule has 18 heavy (non-hydrogen) atoms. The lowest BCUT2D eigenvalue weighted by molar-refractivity contribution is -0.00126. The number of piperazine rings is 1. The molecule has 2 fully saturated rings. The summed E-state index contributed by atoms with van der Waals surface area (Å²) in [5.74, 6) is 0. The summed E-state index contributed by atoms with van der Waals surface area (Å²) < 4.78 is 0. The van der Waals surface area contributed by atoms with Gasteiger partial charge in [0.1, 0.15) is 0 Å². The summed E-state index contributed by atoms with van der Waals surface area (Å²) in [6, 6.07) is 0. The van der Waals surface area contributed by atoms with Crippen LogP contribution in [0.2, 0.25) is 0 Å². The lowest BCUT2D eigenvalue weighted by Gasteiger charge is -2.54. The molecule has 1 saturated carbocycles. The van der Waals surface area contributed by atoms with Gasteiger partial charge in [-0.25, -0.2) is 0 Å². The molecule has 0 aromatic heterocycles. The summed E-state index contributed by atoms with van der Waals surface area (Å²) in [7, 11) is 0. The largest absolute Gasteiger partial charge is 0.309 e. The fraction of sp³-hybridized carbons (Fsp3) is 0.875. The highest BCUT2D eigenvalue weighted by Gasteiger charge is 2.43. The van der Waals surface area contributed by atoms with E-state index >= 15 is 0 Å². The number of nitrogens with zero attached hydrogens (tertiary/aromatic N) is 1. The van der Waals surface area contributed by atoms with Crippen LogP contribution in [-0.2, 0) is 0 Å². The minimum atomic E-state index is 0.262. The molecule has 2 nitrogen and oxygen atoms in total. The molecule has 0 radical (unpaired) electrons. The molecule has 2 aliphatic rings. The molecule has 1 aliphatic heterocycles. The summed E-state index contributed by atoms with van der Waals surface area (Å²) in [5, 5.41) is 3.77. The fourth-order valence-corrected chi connectivity index (χ4v) is 3.47. The van der Waals surface area contributed by atoms with E-state index in [1.54, 1.807) is 0 Å². The van der Waals surface area contributed by atoms with Gasteiger partial charge in [-0.3, -0.25) is 4.90 Å². The molecular formula is C16H30N2. The molecule has 104 valence electrons. The molecule has 1 heterocycles. The monoisotopic (exact) mass is 250 g/mol. The van der Waals surface area contributed by atoms with Crippen LogP contribution in [0.1, 0.15) is 59.8 Å². The van der Waals surface area contributed by atoms with Crippen molar-refractivity contribution in [2.24, 2.45) is 0 Å². The first kappa shape index (κ1) is 14.1. The van der Waals surface area contributed by atoms with Crippen molar-refractivity contribution in [3.8, 4) is 0 Å². The Morgan fingerprint density at radius 2 is 1.83 bits per heavy atom. The van der Waals surface area contributed by atoms with Crippen molar-refractivity contribution in [2.45, 2.75) is 70.9 Å². The standard InChI is InChI=1S/C16H30N2/c1-14(2)8-11-18-13-15(3,4)17-12-16(18)9-6-5-7-10-16/h8,17H,5-7,9-13H2,1-4H3. The highest BCUT2D eigenvalue weighted by Crippen LogP contribution is 2.36. The lowest BCUT2D eigenvalue weighted by Crippen LogP contribution is -2.68. The third-order valence-electron chi connectivity index (χ3n) is 4.66. The molecule has 1 N–H and O–H groups in total. The van der Waals surface area contributed by atoms with Crippen molar-refractivity contribution < 1.29 is 0 Å². The summed E-state index contributed by atoms with van der Waals surface area (Å²) in [6.45, 7) is 12.6. The Labute approximate surface area is 113 Å². The van der Waals surface area contributed by atoms with Crippen molar-refractivity contribution in [3.05, 3.63) is 11.6 Å². The summed E-state index contributed by atoms with van der Waals surface area (Å²) in [4.78, 5) is 2.76. The molecular weight excluding hydrogens is 220 g/mol. The maximum absolute atomic E-state index is 3.77. The predicted octanol–water partition coefficient (Wildman–Crippen LogP) is 3.34. The quantitative estimate of drug-likeness (QED) is 0.756. The van der Waals surface area contributed by atoms with E-state index in [1.807, 2.05) is 0 Å². The van der Waals surface area contributed by atoms with E-state index in [-0.39, 0.29) is 5.54 Å². The predicted molar refractivity (Wildman–Crippen MR) is 78.9 cm³/mol. The number of nitrogens with one attached hydrogen (secondary N) is 1. The second-order valence-corrected chi connectivity index (χ2v) is 7.18. The van der Waals surface area contributed by atoms with Crippen LogP contribution >= 0.6 is 0 Å². The molecule has 0 atom stereocenters. The van der Waals surface area contributed by atoms with Gasteiger partial charge in [-0.05, 0) is 40.5 Å². The Kier molecular flexibility index (Phi) is 4.18. The lowest BCUT2D eigenvalue weighted by atomic mass is 9.77. The van der Waals surface area contributed by atoms with Crippen LogP contribution in [-0.4, -0.2) is 35.6 Å². The summed E-state index contributed by atoms with van der Waals surface area (Å²) in [5.41, 5.74) is 2.15. The first-order chi connectivity index (χ1) is 8.44. The van der Waals surface area contributed by atoms with Gasteiger partial charge in [-0.15, -0.1) is 0 Å². The Morgan fingerprint density at radius 1 is 1.17 bits per heavy atom. The zero-order valence-corrected chi connectivity index (χ0v) is 12.7. The first-order valence-electron chi connectivity index (χ1n) is 7.57. The van der Waals surface area contributed by atoms with Crippen molar-refractivity contribution in [2.75, 3.05) is 19.6 Å². The molecule has 0 bridgehead atoms. The van der Waals surface area contributed by atoms with Gasteiger partial charge in [0.2, 0.25) is 0 Å². The van der Waals surface area contributed by atoms with E-state index in [0.29, 0.717) is 5.54 Å². The van der Waals surface area contributed by atoms with Crippen LogP contribution in [0.3, 0.4) is 0 Å². The van der Waals surface area contributed by atoms with E-state index in [2.05, 4.69) is 44.0 Å². The Hall–Kier alpha value is -0.340. The van der Waals surface area contributed by atoms with Gasteiger partial charge < -0.3 is 5.32 Å². The van der Waals surface area contributed by atoms with Crippen molar-refractivity contribution in [1.82, 2.24) is 10.2 Å². The average Bonchev–Trinajstić information content (AvgIpc) is 2.32. The molecule has 0 aromatic carbocycles. The highest BCUT2D eigenvalue weighted by molar-refractivity contribution is 5.06. The van der Waals surface area contributed by atoms with Crippen LogP contribution in [0.4, 0.5) is 0 Å². The van der Waals surface area contributed by atoms with Crippen LogP contribution in [0, 0.1) is 0 Å². The van der Waals surface area contributed by atoms with Gasteiger partial charge in [0, 0.05) is 30.7 Å². The third-order valence-corrected chi connectivity index (χ3v) is 4.66. The maximum Gasteiger partial charge on any atom is 0.0338 e. The molecule has 1 spiro atoms. The van der Waals surface area contributed by atoms with E-state index < -0.39 is 0 Å². The van der Waals surface area contributed by atoms with E-state index in [4.69, 9.17) is 0 Å². The van der Waals surface area contributed by atoms with Crippen molar-refractivity contribution in [3.63, 3.8) is 0 Å². The smallest absolute Gasteiger partial charge is 0.0338 e. The topological polar surface area (TPSA) is 15.3 Å². The average molecular weight is 250 g/mol. The van der Waals surface area contributed by atoms with E-state index in [9.17, 15) is 0 Å². The Morgan fingerprint density at radius 3 is 2.44 bits per heavy atom. The van der Waals surface area contributed by atoms with Gasteiger partial charge in [-0.1, -0.05) is 30.9 Å². The third kappa shape index (κ3) is 3.16. The number of rotatable bonds is 2. The zero-order chi connectivity index (χ0) is 13.2. The number of hydrogen-bond donors (Lipinski definition) is 1. The second-order valence-electron chi connectivity index (χ2n) is 7.18. The number of hydrogen-bond acceptors (Lipinski definition) is 2. The molecule has 0 amide bonds. The van der Waals surface area contributed by atoms with Crippen LogP contribution in [0.25, 0.3) is 0 Å². The Balaban J connectivity index is 2.13. The normalized spacial score (nSPS) is 27.1. The van der Waals surface area contributed by atoms with Crippen LogP contribution < -0.4 is 5.32 Å². The molecule has 2 rings (SSSR count). The van der Waals surface area contributed by atoms with E-state index in [1.165, 1.54) is 50.8 Å². The summed E-state index contributed by atoms with van der Waals surface area (Å²) in [6.07, 6.45) is 9.42. The minimum Gasteiger partial charge on any atom is -0.309 e. The van der Waals surface area contributed by atoms with Gasteiger partial charge in [-0.2, -0.15) is 0 Å². The SMILES string of the molecule is CC(C)=CCN1CC(C)(C)NCC12CCCCC2. The fourth-order valence-electron chi connectivity index (χ4n) is 3.47. The van der Waals surface area contributed by atoms with Crippen molar-refractivity contribution >= 4 is 0 Å². The Bertz CT molecular complexity index is 307. The zero-order valence-electron chi connectivity index (χ0n) is 12.7. The molecule has 0 aromatic rings. The minimum absolute atomic E-state index is 0.262. The molecule has 0 unspecified atom stereocenters. The molecule has 1 saturated heterocycles. The second kappa shape index (κ2) is 5.34. The van der Waals surface area contributed by atoms with Gasteiger partial charge >= 0.3 is 0 Å². The van der Waals surface area contributed by atoms with Gasteiger partial charge in [0.15, 0.2) is 0 Å². The van der Waals surface area contributed by atoms with Crippen LogP contribution in [0.5, 0.6) is 0 Å². The summed E-state index contributed by atoms with van der Waals surface area (Å²) >= 11 is 0. The maximum atomic E-state index is 3.77.